The molecule has 0 saturated carbocycles. The highest BCUT2D eigenvalue weighted by molar-refractivity contribution is 9.10. The zero-order valence-electron chi connectivity index (χ0n) is 11.5. The van der Waals surface area contributed by atoms with Crippen molar-refractivity contribution in [2.45, 2.75) is 39.5 Å². The van der Waals surface area contributed by atoms with E-state index in [1.54, 1.807) is 0 Å². The minimum atomic E-state index is -0.220. The second-order valence-corrected chi connectivity index (χ2v) is 6.24. The normalized spacial score (nSPS) is 11.8. The molecule has 0 atom stereocenters. The number of hydrogen-bond donors (Lipinski definition) is 1. The van der Waals surface area contributed by atoms with Crippen LogP contribution in [0.3, 0.4) is 0 Å². The Kier molecular flexibility index (Phi) is 3.67. The predicted molar refractivity (Wildman–Crippen MR) is 78.3 cm³/mol. The third-order valence-corrected chi connectivity index (χ3v) is 3.55. The lowest BCUT2D eigenvalue weighted by molar-refractivity contribution is 0.521. The van der Waals surface area contributed by atoms with Crippen LogP contribution in [0.1, 0.15) is 39.1 Å². The summed E-state index contributed by atoms with van der Waals surface area (Å²) in [4.78, 5) is 19.2. The summed E-state index contributed by atoms with van der Waals surface area (Å²) < 4.78 is 6.11. The van der Waals surface area contributed by atoms with Gasteiger partial charge in [0.25, 0.3) is 5.56 Å². The van der Waals surface area contributed by atoms with Crippen LogP contribution in [0.2, 0.25) is 0 Å². The number of halogens is 1. The zero-order chi connectivity index (χ0) is 14.2. The molecule has 0 saturated heterocycles. The zero-order valence-corrected chi connectivity index (χ0v) is 13.1. The van der Waals surface area contributed by atoms with Gasteiger partial charge in [-0.3, -0.25) is 4.79 Å². The third-order valence-electron chi connectivity index (χ3n) is 2.82. The second kappa shape index (κ2) is 4.96. The molecule has 0 amide bonds. The van der Waals surface area contributed by atoms with E-state index in [-0.39, 0.29) is 11.0 Å². The molecule has 19 heavy (non-hydrogen) atoms. The average molecular weight is 325 g/mol. The van der Waals surface area contributed by atoms with E-state index in [0.717, 1.165) is 17.9 Å². The molecular weight excluding hydrogens is 308 g/mol. The van der Waals surface area contributed by atoms with Crippen LogP contribution in [-0.4, -0.2) is 9.97 Å². The Morgan fingerprint density at radius 2 is 2.05 bits per heavy atom. The van der Waals surface area contributed by atoms with Crippen LogP contribution >= 0.6 is 15.9 Å². The monoisotopic (exact) mass is 324 g/mol. The van der Waals surface area contributed by atoms with Crippen molar-refractivity contribution in [3.63, 3.8) is 0 Å². The number of H-pyrrole nitrogens is 1. The van der Waals surface area contributed by atoms with Crippen LogP contribution in [0.4, 0.5) is 0 Å². The van der Waals surface area contributed by atoms with Gasteiger partial charge in [-0.2, -0.15) is 0 Å². The second-order valence-electron chi connectivity index (χ2n) is 5.45. The average Bonchev–Trinajstić information content (AvgIpc) is 2.79. The molecule has 0 radical (unpaired) electrons. The molecule has 4 nitrogen and oxygen atoms in total. The van der Waals surface area contributed by atoms with Crippen molar-refractivity contribution in [1.29, 1.82) is 0 Å². The SMILES string of the molecule is CCc1ccc(-c2nc(C(C)(C)C)c(Br)c(=O)[nH]2)o1. The molecule has 2 aromatic heterocycles. The quantitative estimate of drug-likeness (QED) is 0.917. The van der Waals surface area contributed by atoms with E-state index in [1.807, 2.05) is 39.8 Å². The van der Waals surface area contributed by atoms with Crippen molar-refractivity contribution in [1.82, 2.24) is 9.97 Å². The first-order valence-electron chi connectivity index (χ1n) is 6.22. The number of nitrogens with one attached hydrogen (secondary N) is 1. The lowest BCUT2D eigenvalue weighted by Crippen LogP contribution is -2.22. The number of aromatic amines is 1. The van der Waals surface area contributed by atoms with E-state index in [2.05, 4.69) is 25.9 Å². The number of furan rings is 1. The van der Waals surface area contributed by atoms with Gasteiger partial charge in [0, 0.05) is 11.8 Å². The smallest absolute Gasteiger partial charge is 0.265 e. The predicted octanol–water partition coefficient (Wildman–Crippen LogP) is 3.65. The topological polar surface area (TPSA) is 58.9 Å². The van der Waals surface area contributed by atoms with E-state index >= 15 is 0 Å². The van der Waals surface area contributed by atoms with Crippen LogP contribution in [0.5, 0.6) is 0 Å². The van der Waals surface area contributed by atoms with Gasteiger partial charge in [-0.15, -0.1) is 0 Å². The van der Waals surface area contributed by atoms with Gasteiger partial charge in [0.1, 0.15) is 10.2 Å². The van der Waals surface area contributed by atoms with Crippen LogP contribution in [-0.2, 0) is 11.8 Å². The summed E-state index contributed by atoms with van der Waals surface area (Å²) in [5.41, 5.74) is 0.312. The van der Waals surface area contributed by atoms with Gasteiger partial charge in [0.05, 0.1) is 5.69 Å². The fourth-order valence-corrected chi connectivity index (χ4v) is 2.55. The maximum absolute atomic E-state index is 12.0. The van der Waals surface area contributed by atoms with Gasteiger partial charge in [0.2, 0.25) is 0 Å². The molecular formula is C14H17BrN2O2. The fourth-order valence-electron chi connectivity index (χ4n) is 1.77. The summed E-state index contributed by atoms with van der Waals surface area (Å²) in [6, 6.07) is 3.73. The maximum Gasteiger partial charge on any atom is 0.265 e. The van der Waals surface area contributed by atoms with E-state index in [1.165, 1.54) is 0 Å². The first-order valence-corrected chi connectivity index (χ1v) is 7.01. The van der Waals surface area contributed by atoms with Crippen molar-refractivity contribution < 1.29 is 4.42 Å². The van der Waals surface area contributed by atoms with Gasteiger partial charge in [-0.05, 0) is 28.1 Å². The van der Waals surface area contributed by atoms with Crippen LogP contribution in [0.15, 0.2) is 25.8 Å². The standard InChI is InChI=1S/C14H17BrN2O2/c1-5-8-6-7-9(19-8)12-16-11(14(2,3)4)10(15)13(18)17-12/h6-7H,5H2,1-4H3,(H,16,17,18). The van der Waals surface area contributed by atoms with E-state index in [9.17, 15) is 4.79 Å². The minimum Gasteiger partial charge on any atom is -0.458 e. The molecule has 0 unspecified atom stereocenters. The Hall–Kier alpha value is -1.36. The number of rotatable bonds is 2. The van der Waals surface area contributed by atoms with Crippen LogP contribution in [0.25, 0.3) is 11.6 Å². The third kappa shape index (κ3) is 2.81. The first-order chi connectivity index (χ1) is 8.82. The van der Waals surface area contributed by atoms with E-state index < -0.39 is 0 Å². The highest BCUT2D eigenvalue weighted by Gasteiger charge is 2.23. The minimum absolute atomic E-state index is 0.190. The number of hydrogen-bond acceptors (Lipinski definition) is 3. The van der Waals surface area contributed by atoms with Gasteiger partial charge in [-0.25, -0.2) is 4.98 Å². The van der Waals surface area contributed by atoms with Crippen molar-refractivity contribution >= 4 is 15.9 Å². The molecule has 0 aliphatic carbocycles. The van der Waals surface area contributed by atoms with Crippen molar-refractivity contribution in [2.75, 3.05) is 0 Å². The highest BCUT2D eigenvalue weighted by atomic mass is 79.9. The van der Waals surface area contributed by atoms with Crippen molar-refractivity contribution in [3.05, 3.63) is 38.4 Å². The van der Waals surface area contributed by atoms with E-state index in [0.29, 0.717) is 16.1 Å². The summed E-state index contributed by atoms with van der Waals surface area (Å²) >= 11 is 3.30. The lowest BCUT2D eigenvalue weighted by atomic mass is 9.92. The van der Waals surface area contributed by atoms with Gasteiger partial charge in [0.15, 0.2) is 11.6 Å². The molecule has 0 spiro atoms. The first kappa shape index (κ1) is 14.1. The summed E-state index contributed by atoms with van der Waals surface area (Å²) in [6.45, 7) is 8.07. The van der Waals surface area contributed by atoms with Crippen LogP contribution < -0.4 is 5.56 Å². The maximum atomic E-state index is 12.0. The summed E-state index contributed by atoms with van der Waals surface area (Å²) in [6.07, 6.45) is 0.812. The van der Waals surface area contributed by atoms with Gasteiger partial charge in [-0.1, -0.05) is 27.7 Å². The molecule has 0 fully saturated rings. The number of nitrogens with zero attached hydrogens (tertiary/aromatic N) is 1. The molecule has 2 rings (SSSR count). The van der Waals surface area contributed by atoms with Crippen molar-refractivity contribution in [3.8, 4) is 11.6 Å². The highest BCUT2D eigenvalue weighted by Crippen LogP contribution is 2.27. The molecule has 0 bridgehead atoms. The molecule has 2 aromatic rings. The Morgan fingerprint density at radius 3 is 2.58 bits per heavy atom. The Bertz CT molecular complexity index is 650. The van der Waals surface area contributed by atoms with E-state index in [4.69, 9.17) is 4.42 Å². The lowest BCUT2D eigenvalue weighted by Gasteiger charge is -2.19. The molecule has 5 heteroatoms. The summed E-state index contributed by atoms with van der Waals surface area (Å²) in [5.74, 6) is 1.93. The fraction of sp³-hybridized carbons (Fsp3) is 0.429. The largest absolute Gasteiger partial charge is 0.458 e. The van der Waals surface area contributed by atoms with Crippen molar-refractivity contribution in [2.24, 2.45) is 0 Å². The molecule has 0 aliphatic heterocycles. The number of aryl methyl sites for hydroxylation is 1. The molecule has 0 aromatic carbocycles. The summed E-state index contributed by atoms with van der Waals surface area (Å²) in [5, 5.41) is 0. The Morgan fingerprint density at radius 1 is 1.37 bits per heavy atom. The Balaban J connectivity index is 2.60. The van der Waals surface area contributed by atoms with Gasteiger partial charge >= 0.3 is 0 Å². The summed E-state index contributed by atoms with van der Waals surface area (Å²) in [7, 11) is 0. The molecule has 2 heterocycles. The Labute approximate surface area is 120 Å². The molecule has 1 N–H and O–H groups in total. The van der Waals surface area contributed by atoms with Crippen LogP contribution in [0, 0.1) is 0 Å². The number of aromatic nitrogens is 2. The van der Waals surface area contributed by atoms with Gasteiger partial charge < -0.3 is 9.40 Å². The molecule has 0 aliphatic rings. The molecule has 102 valence electrons.